The van der Waals surface area contributed by atoms with E-state index in [2.05, 4.69) is 13.0 Å². The Morgan fingerprint density at radius 2 is 1.80 bits per heavy atom. The molecule has 25 heavy (non-hydrogen) atoms. The predicted octanol–water partition coefficient (Wildman–Crippen LogP) is 3.58. The molecule has 0 bridgehead atoms. The summed E-state index contributed by atoms with van der Waals surface area (Å²) in [5, 5.41) is 0. The van der Waals surface area contributed by atoms with E-state index in [1.165, 1.54) is 11.1 Å². The van der Waals surface area contributed by atoms with Crippen LogP contribution in [-0.2, 0) is 22.4 Å². The average molecular weight is 336 g/mol. The molecule has 0 fully saturated rings. The second kappa shape index (κ2) is 7.51. The number of carbonyl (C=O) groups excluding carboxylic acids is 2. The van der Waals surface area contributed by atoms with Gasteiger partial charge in [0.1, 0.15) is 0 Å². The number of hydrogen-bond donors (Lipinski definition) is 0. The summed E-state index contributed by atoms with van der Waals surface area (Å²) in [5.41, 5.74) is 4.31. The van der Waals surface area contributed by atoms with E-state index in [0.717, 1.165) is 30.8 Å². The maximum Gasteiger partial charge on any atom is 0.228 e. The lowest BCUT2D eigenvalue weighted by molar-refractivity contribution is -0.118. The summed E-state index contributed by atoms with van der Waals surface area (Å²) in [6.07, 6.45) is 2.19. The molecule has 0 N–H and O–H groups in total. The zero-order valence-electron chi connectivity index (χ0n) is 14.9. The molecule has 1 aliphatic heterocycles. The number of amides is 2. The zero-order valence-corrected chi connectivity index (χ0v) is 14.9. The standard InChI is InChI=1S/C21H24N2O2/c1-3-17-8-10-19(11-9-17)22(16(2)24)15-13-21(25)23-14-12-18-6-4-5-7-20(18)23/h4-11H,3,12-15H2,1-2H3. The van der Waals surface area contributed by atoms with E-state index in [-0.39, 0.29) is 11.8 Å². The van der Waals surface area contributed by atoms with Gasteiger partial charge in [-0.1, -0.05) is 37.3 Å². The number of anilines is 2. The first-order chi connectivity index (χ1) is 12.1. The molecule has 0 saturated carbocycles. The normalized spacial score (nSPS) is 12.8. The summed E-state index contributed by atoms with van der Waals surface area (Å²) < 4.78 is 0. The molecule has 0 aliphatic carbocycles. The molecule has 2 aromatic rings. The van der Waals surface area contributed by atoms with E-state index >= 15 is 0 Å². The first-order valence-electron chi connectivity index (χ1n) is 8.85. The molecule has 0 atom stereocenters. The lowest BCUT2D eigenvalue weighted by Gasteiger charge is -2.23. The minimum Gasteiger partial charge on any atom is -0.312 e. The molecule has 2 amide bonds. The minimum absolute atomic E-state index is 0.0427. The van der Waals surface area contributed by atoms with E-state index in [9.17, 15) is 9.59 Å². The van der Waals surface area contributed by atoms with Crippen LogP contribution in [0.1, 0.15) is 31.4 Å². The van der Waals surface area contributed by atoms with Gasteiger partial charge in [-0.3, -0.25) is 9.59 Å². The molecule has 4 nitrogen and oxygen atoms in total. The second-order valence-electron chi connectivity index (χ2n) is 6.36. The molecular formula is C21H24N2O2. The summed E-state index contributed by atoms with van der Waals surface area (Å²) in [7, 11) is 0. The van der Waals surface area contributed by atoms with Gasteiger partial charge in [0.05, 0.1) is 0 Å². The average Bonchev–Trinajstić information content (AvgIpc) is 3.06. The van der Waals surface area contributed by atoms with E-state index in [1.54, 1.807) is 11.8 Å². The summed E-state index contributed by atoms with van der Waals surface area (Å²) in [6, 6.07) is 16.0. The Hall–Kier alpha value is -2.62. The van der Waals surface area contributed by atoms with Gasteiger partial charge in [0.25, 0.3) is 0 Å². The van der Waals surface area contributed by atoms with Crippen LogP contribution in [0.3, 0.4) is 0 Å². The van der Waals surface area contributed by atoms with Crippen molar-refractivity contribution in [2.45, 2.75) is 33.1 Å². The number of aryl methyl sites for hydroxylation is 1. The number of nitrogens with zero attached hydrogens (tertiary/aromatic N) is 2. The predicted molar refractivity (Wildman–Crippen MR) is 101 cm³/mol. The van der Waals surface area contributed by atoms with E-state index < -0.39 is 0 Å². The van der Waals surface area contributed by atoms with Crippen molar-refractivity contribution in [3.63, 3.8) is 0 Å². The lowest BCUT2D eigenvalue weighted by Crippen LogP contribution is -2.35. The molecule has 1 aliphatic rings. The highest BCUT2D eigenvalue weighted by Gasteiger charge is 2.24. The molecule has 2 aromatic carbocycles. The quantitative estimate of drug-likeness (QED) is 0.837. The molecule has 4 heteroatoms. The number of carbonyl (C=O) groups is 2. The highest BCUT2D eigenvalue weighted by Crippen LogP contribution is 2.28. The molecule has 0 saturated heterocycles. The van der Waals surface area contributed by atoms with Crippen molar-refractivity contribution in [2.24, 2.45) is 0 Å². The van der Waals surface area contributed by atoms with Crippen LogP contribution >= 0.6 is 0 Å². The van der Waals surface area contributed by atoms with Gasteiger partial charge >= 0.3 is 0 Å². The third-order valence-corrected chi connectivity index (χ3v) is 4.77. The fraction of sp³-hybridized carbons (Fsp3) is 0.333. The monoisotopic (exact) mass is 336 g/mol. The molecule has 130 valence electrons. The zero-order chi connectivity index (χ0) is 17.8. The van der Waals surface area contributed by atoms with Crippen LogP contribution in [0, 0.1) is 0 Å². The number of benzene rings is 2. The molecule has 0 radical (unpaired) electrons. The van der Waals surface area contributed by atoms with Crippen LogP contribution in [0.4, 0.5) is 11.4 Å². The summed E-state index contributed by atoms with van der Waals surface area (Å²) in [5.74, 6) is 0.0280. The number of hydrogen-bond acceptors (Lipinski definition) is 2. The minimum atomic E-state index is -0.0427. The van der Waals surface area contributed by atoms with Crippen LogP contribution in [0.15, 0.2) is 48.5 Å². The lowest BCUT2D eigenvalue weighted by atomic mass is 10.1. The molecule has 0 aromatic heterocycles. The van der Waals surface area contributed by atoms with Crippen molar-refractivity contribution in [3.05, 3.63) is 59.7 Å². The number of para-hydroxylation sites is 1. The third kappa shape index (κ3) is 3.73. The van der Waals surface area contributed by atoms with Gasteiger partial charge in [0, 0.05) is 37.8 Å². The van der Waals surface area contributed by atoms with Crippen LogP contribution < -0.4 is 9.80 Å². The van der Waals surface area contributed by atoms with Gasteiger partial charge in [-0.15, -0.1) is 0 Å². The molecule has 0 spiro atoms. The Bertz CT molecular complexity index is 768. The SMILES string of the molecule is CCc1ccc(N(CCC(=O)N2CCc3ccccc32)C(C)=O)cc1. The smallest absolute Gasteiger partial charge is 0.228 e. The topological polar surface area (TPSA) is 40.6 Å². The second-order valence-corrected chi connectivity index (χ2v) is 6.36. The van der Waals surface area contributed by atoms with Gasteiger partial charge in [0.15, 0.2) is 0 Å². The Morgan fingerprint density at radius 3 is 2.48 bits per heavy atom. The van der Waals surface area contributed by atoms with Crippen molar-refractivity contribution in [1.29, 1.82) is 0 Å². The van der Waals surface area contributed by atoms with E-state index in [4.69, 9.17) is 0 Å². The summed E-state index contributed by atoms with van der Waals surface area (Å²) >= 11 is 0. The van der Waals surface area contributed by atoms with Gasteiger partial charge in [0.2, 0.25) is 11.8 Å². The third-order valence-electron chi connectivity index (χ3n) is 4.77. The van der Waals surface area contributed by atoms with Gasteiger partial charge in [-0.2, -0.15) is 0 Å². The first-order valence-corrected chi connectivity index (χ1v) is 8.85. The molecule has 3 rings (SSSR count). The summed E-state index contributed by atoms with van der Waals surface area (Å²) in [4.78, 5) is 28.2. The summed E-state index contributed by atoms with van der Waals surface area (Å²) in [6.45, 7) is 4.77. The Kier molecular flexibility index (Phi) is 5.17. The fourth-order valence-corrected chi connectivity index (χ4v) is 3.32. The van der Waals surface area contributed by atoms with Crippen LogP contribution in [0.2, 0.25) is 0 Å². The van der Waals surface area contributed by atoms with E-state index in [1.807, 2.05) is 47.4 Å². The van der Waals surface area contributed by atoms with Crippen LogP contribution in [0.5, 0.6) is 0 Å². The number of fused-ring (bicyclic) bond motifs is 1. The van der Waals surface area contributed by atoms with Crippen molar-refractivity contribution < 1.29 is 9.59 Å². The van der Waals surface area contributed by atoms with Crippen LogP contribution in [0.25, 0.3) is 0 Å². The maximum atomic E-state index is 12.7. The molecular weight excluding hydrogens is 312 g/mol. The van der Waals surface area contributed by atoms with Gasteiger partial charge in [-0.05, 0) is 42.2 Å². The molecule has 0 unspecified atom stereocenters. The van der Waals surface area contributed by atoms with E-state index in [0.29, 0.717) is 13.0 Å². The largest absolute Gasteiger partial charge is 0.312 e. The van der Waals surface area contributed by atoms with Crippen molar-refractivity contribution in [1.82, 2.24) is 0 Å². The highest BCUT2D eigenvalue weighted by molar-refractivity contribution is 5.97. The Labute approximate surface area is 149 Å². The van der Waals surface area contributed by atoms with Crippen molar-refractivity contribution in [2.75, 3.05) is 22.9 Å². The first kappa shape index (κ1) is 17.2. The van der Waals surface area contributed by atoms with Gasteiger partial charge in [-0.25, -0.2) is 0 Å². The Balaban J connectivity index is 1.67. The van der Waals surface area contributed by atoms with Crippen LogP contribution in [-0.4, -0.2) is 24.9 Å². The van der Waals surface area contributed by atoms with Crippen molar-refractivity contribution >= 4 is 23.2 Å². The highest BCUT2D eigenvalue weighted by atomic mass is 16.2. The molecule has 1 heterocycles. The Morgan fingerprint density at radius 1 is 1.08 bits per heavy atom. The maximum absolute atomic E-state index is 12.7. The van der Waals surface area contributed by atoms with Gasteiger partial charge < -0.3 is 9.80 Å². The number of rotatable bonds is 5. The fourth-order valence-electron chi connectivity index (χ4n) is 3.32. The van der Waals surface area contributed by atoms with Crippen molar-refractivity contribution in [3.8, 4) is 0 Å².